The van der Waals surface area contributed by atoms with Gasteiger partial charge >= 0.3 is 0 Å². The molecule has 0 aliphatic heterocycles. The number of nitrogens with one attached hydrogen (secondary N) is 2. The average Bonchev–Trinajstić information content (AvgIpc) is 2.79. The van der Waals surface area contributed by atoms with Crippen molar-refractivity contribution in [2.24, 2.45) is 0 Å². The van der Waals surface area contributed by atoms with E-state index in [9.17, 15) is 0 Å². The van der Waals surface area contributed by atoms with Gasteiger partial charge in [-0.3, -0.25) is 0 Å². The molecule has 5 heteroatoms. The summed E-state index contributed by atoms with van der Waals surface area (Å²) in [6.45, 7) is 2.01. The van der Waals surface area contributed by atoms with E-state index in [2.05, 4.69) is 21.7 Å². The Morgan fingerprint density at radius 1 is 1.05 bits per heavy atom. The monoisotopic (exact) mass is 299 g/mol. The number of hydrogen-bond donors (Lipinski definition) is 2. The lowest BCUT2D eigenvalue weighted by atomic mass is 10.3. The van der Waals surface area contributed by atoms with Crippen LogP contribution in [0.2, 0.25) is 0 Å². The van der Waals surface area contributed by atoms with Gasteiger partial charge in [-0.1, -0.05) is 18.2 Å². The summed E-state index contributed by atoms with van der Waals surface area (Å²) >= 11 is 6.99. The third kappa shape index (κ3) is 2.95. The molecule has 0 aliphatic rings. The van der Waals surface area contributed by atoms with Crippen LogP contribution >= 0.6 is 23.6 Å². The van der Waals surface area contributed by atoms with Gasteiger partial charge in [0.25, 0.3) is 0 Å². The van der Waals surface area contributed by atoms with Gasteiger partial charge in [0.1, 0.15) is 0 Å². The van der Waals surface area contributed by atoms with Crippen molar-refractivity contribution in [3.63, 3.8) is 0 Å². The first-order valence-electron chi connectivity index (χ1n) is 6.21. The Morgan fingerprint density at radius 3 is 2.60 bits per heavy atom. The van der Waals surface area contributed by atoms with Crippen LogP contribution in [0.15, 0.2) is 48.5 Å². The SMILES string of the molecule is Cc1nc2ccc(NC(=S)Nc3ccccc3)cc2s1. The molecule has 0 spiro atoms. The Bertz CT molecular complexity index is 750. The minimum Gasteiger partial charge on any atom is -0.332 e. The Kier molecular flexibility index (Phi) is 3.62. The van der Waals surface area contributed by atoms with Crippen molar-refractivity contribution in [2.45, 2.75) is 6.92 Å². The van der Waals surface area contributed by atoms with Crippen LogP contribution in [-0.4, -0.2) is 10.1 Å². The maximum absolute atomic E-state index is 5.31. The van der Waals surface area contributed by atoms with Crippen LogP contribution < -0.4 is 10.6 Å². The van der Waals surface area contributed by atoms with Gasteiger partial charge in [0.15, 0.2) is 5.11 Å². The van der Waals surface area contributed by atoms with Gasteiger partial charge in [0, 0.05) is 11.4 Å². The van der Waals surface area contributed by atoms with Crippen LogP contribution in [-0.2, 0) is 0 Å². The fourth-order valence-corrected chi connectivity index (χ4v) is 3.03. The van der Waals surface area contributed by atoms with Gasteiger partial charge < -0.3 is 10.6 Å². The lowest BCUT2D eigenvalue weighted by Gasteiger charge is -2.10. The highest BCUT2D eigenvalue weighted by atomic mass is 32.1. The molecule has 0 fully saturated rings. The van der Waals surface area contributed by atoms with E-state index >= 15 is 0 Å². The fraction of sp³-hybridized carbons (Fsp3) is 0.0667. The van der Waals surface area contributed by atoms with Gasteiger partial charge in [0.2, 0.25) is 0 Å². The molecule has 0 bridgehead atoms. The van der Waals surface area contributed by atoms with Gasteiger partial charge in [-0.2, -0.15) is 0 Å². The van der Waals surface area contributed by atoms with Crippen molar-refractivity contribution in [1.29, 1.82) is 0 Å². The second-order valence-electron chi connectivity index (χ2n) is 4.36. The molecule has 0 radical (unpaired) electrons. The molecule has 0 amide bonds. The molecule has 0 aliphatic carbocycles. The summed E-state index contributed by atoms with van der Waals surface area (Å²) in [5.41, 5.74) is 2.97. The maximum atomic E-state index is 5.31. The molecule has 0 unspecified atom stereocenters. The molecule has 2 N–H and O–H groups in total. The Morgan fingerprint density at radius 2 is 1.80 bits per heavy atom. The molecule has 1 heterocycles. The minimum absolute atomic E-state index is 0.580. The average molecular weight is 299 g/mol. The molecule has 3 nitrogen and oxygen atoms in total. The number of para-hydroxylation sites is 1. The van der Waals surface area contributed by atoms with E-state index in [-0.39, 0.29) is 0 Å². The van der Waals surface area contributed by atoms with E-state index in [0.29, 0.717) is 5.11 Å². The van der Waals surface area contributed by atoms with Gasteiger partial charge in [-0.25, -0.2) is 4.98 Å². The van der Waals surface area contributed by atoms with Gasteiger partial charge in [0.05, 0.1) is 15.2 Å². The third-order valence-corrected chi connectivity index (χ3v) is 3.92. The van der Waals surface area contributed by atoms with Crippen LogP contribution in [0.1, 0.15) is 5.01 Å². The first kappa shape index (κ1) is 13.0. The lowest BCUT2D eigenvalue weighted by molar-refractivity contribution is 1.35. The zero-order valence-electron chi connectivity index (χ0n) is 10.9. The standard InChI is InChI=1S/C15H13N3S2/c1-10-16-13-8-7-12(9-14(13)20-10)18-15(19)17-11-5-3-2-4-6-11/h2-9H,1H3,(H2,17,18,19). The van der Waals surface area contributed by atoms with Gasteiger partial charge in [-0.05, 0) is 49.5 Å². The number of hydrogen-bond acceptors (Lipinski definition) is 3. The highest BCUT2D eigenvalue weighted by Crippen LogP contribution is 2.24. The van der Waals surface area contributed by atoms with Crippen LogP contribution in [0.3, 0.4) is 0 Å². The summed E-state index contributed by atoms with van der Waals surface area (Å²) in [4.78, 5) is 4.44. The smallest absolute Gasteiger partial charge is 0.175 e. The predicted molar refractivity (Wildman–Crippen MR) is 90.6 cm³/mol. The van der Waals surface area contributed by atoms with Crippen LogP contribution in [0, 0.1) is 6.92 Å². The quantitative estimate of drug-likeness (QED) is 0.687. The third-order valence-electron chi connectivity index (χ3n) is 2.78. The number of nitrogens with zero attached hydrogens (tertiary/aromatic N) is 1. The van der Waals surface area contributed by atoms with E-state index in [4.69, 9.17) is 12.2 Å². The summed E-state index contributed by atoms with van der Waals surface area (Å²) in [6.07, 6.45) is 0. The molecule has 100 valence electrons. The second kappa shape index (κ2) is 5.56. The number of fused-ring (bicyclic) bond motifs is 1. The molecule has 20 heavy (non-hydrogen) atoms. The zero-order valence-corrected chi connectivity index (χ0v) is 12.5. The molecule has 2 aromatic carbocycles. The first-order chi connectivity index (χ1) is 9.70. The van der Waals surface area contributed by atoms with Crippen molar-refractivity contribution >= 4 is 50.3 Å². The van der Waals surface area contributed by atoms with E-state index < -0.39 is 0 Å². The normalized spacial score (nSPS) is 10.4. The van der Waals surface area contributed by atoms with E-state index in [1.807, 2.05) is 49.4 Å². The molecule has 3 rings (SSSR count). The largest absolute Gasteiger partial charge is 0.332 e. The van der Waals surface area contributed by atoms with Crippen molar-refractivity contribution in [3.8, 4) is 0 Å². The van der Waals surface area contributed by atoms with E-state index in [0.717, 1.165) is 26.6 Å². The number of anilines is 2. The molecule has 0 saturated heterocycles. The highest BCUT2D eigenvalue weighted by molar-refractivity contribution is 7.80. The summed E-state index contributed by atoms with van der Waals surface area (Å²) in [5, 5.41) is 7.99. The Labute approximate surface area is 126 Å². The van der Waals surface area contributed by atoms with Crippen molar-refractivity contribution in [3.05, 3.63) is 53.5 Å². The number of aryl methyl sites for hydroxylation is 1. The fourth-order valence-electron chi connectivity index (χ4n) is 1.93. The number of thiazole rings is 1. The van der Waals surface area contributed by atoms with Crippen LogP contribution in [0.4, 0.5) is 11.4 Å². The number of rotatable bonds is 2. The molecular weight excluding hydrogens is 286 g/mol. The van der Waals surface area contributed by atoms with Gasteiger partial charge in [-0.15, -0.1) is 11.3 Å². The molecule has 0 atom stereocenters. The number of aromatic nitrogens is 1. The van der Waals surface area contributed by atoms with Crippen molar-refractivity contribution < 1.29 is 0 Å². The molecule has 1 aromatic heterocycles. The van der Waals surface area contributed by atoms with Crippen LogP contribution in [0.5, 0.6) is 0 Å². The summed E-state index contributed by atoms with van der Waals surface area (Å²) in [7, 11) is 0. The zero-order chi connectivity index (χ0) is 13.9. The lowest BCUT2D eigenvalue weighted by Crippen LogP contribution is -2.18. The van der Waals surface area contributed by atoms with Crippen LogP contribution in [0.25, 0.3) is 10.2 Å². The second-order valence-corrected chi connectivity index (χ2v) is 6.00. The molecular formula is C15H13N3S2. The molecule has 0 saturated carbocycles. The summed E-state index contributed by atoms with van der Waals surface area (Å²) in [6, 6.07) is 15.9. The number of thiocarbonyl (C=S) groups is 1. The highest BCUT2D eigenvalue weighted by Gasteiger charge is 2.03. The molecule has 3 aromatic rings. The minimum atomic E-state index is 0.580. The van der Waals surface area contributed by atoms with E-state index in [1.54, 1.807) is 11.3 Å². The first-order valence-corrected chi connectivity index (χ1v) is 7.43. The van der Waals surface area contributed by atoms with Crippen molar-refractivity contribution in [2.75, 3.05) is 10.6 Å². The number of benzene rings is 2. The topological polar surface area (TPSA) is 37.0 Å². The maximum Gasteiger partial charge on any atom is 0.175 e. The van der Waals surface area contributed by atoms with Crippen molar-refractivity contribution in [1.82, 2.24) is 4.98 Å². The Hall–Kier alpha value is -1.98. The summed E-state index contributed by atoms with van der Waals surface area (Å²) < 4.78 is 1.16. The van der Waals surface area contributed by atoms with E-state index in [1.165, 1.54) is 0 Å². The predicted octanol–water partition coefficient (Wildman–Crippen LogP) is 4.41. The Balaban J connectivity index is 1.74. The summed E-state index contributed by atoms with van der Waals surface area (Å²) in [5.74, 6) is 0.